The third-order valence-electron chi connectivity index (χ3n) is 8.15. The first kappa shape index (κ1) is 20.6. The van der Waals surface area contributed by atoms with Crippen molar-refractivity contribution in [2.75, 3.05) is 18.7 Å². The molecule has 1 amide bonds. The molecule has 4 fully saturated rings. The van der Waals surface area contributed by atoms with Crippen LogP contribution in [-0.2, 0) is 19.7 Å². The lowest BCUT2D eigenvalue weighted by atomic mass is 9.43. The monoisotopic (exact) mass is 447 g/mol. The van der Waals surface area contributed by atoms with E-state index in [1.807, 2.05) is 0 Å². The Kier molecular flexibility index (Phi) is 4.68. The van der Waals surface area contributed by atoms with Gasteiger partial charge in [-0.2, -0.15) is 0 Å². The lowest BCUT2D eigenvalue weighted by Crippen LogP contribution is -2.57. The summed E-state index contributed by atoms with van der Waals surface area (Å²) in [6, 6.07) is 14.1. The number of amides is 1. The fraction of sp³-hybridized carbons (Fsp3) is 0.481. The van der Waals surface area contributed by atoms with Crippen LogP contribution in [0.5, 0.6) is 11.5 Å². The van der Waals surface area contributed by atoms with Gasteiger partial charge in [-0.15, -0.1) is 0 Å². The molecule has 6 nitrogen and oxygen atoms in total. The van der Waals surface area contributed by atoms with Crippen LogP contribution in [0.3, 0.4) is 0 Å². The molecular weight excluding hydrogens is 418 g/mol. The highest BCUT2D eigenvalue weighted by molar-refractivity contribution is 5.93. The van der Waals surface area contributed by atoms with Crippen LogP contribution in [0.4, 0.5) is 5.69 Å². The van der Waals surface area contributed by atoms with Crippen molar-refractivity contribution in [3.05, 3.63) is 53.6 Å². The highest BCUT2D eigenvalue weighted by atomic mass is 16.7. The summed E-state index contributed by atoms with van der Waals surface area (Å²) in [5, 5.41) is 2.79. The highest BCUT2D eigenvalue weighted by Crippen LogP contribution is 2.66. The van der Waals surface area contributed by atoms with Crippen molar-refractivity contribution in [1.29, 1.82) is 0 Å². The molecule has 2 unspecified atom stereocenters. The number of hydrogen-bond donors (Lipinski definition) is 1. The number of carbonyl (C=O) groups excluding carboxylic acids is 2. The van der Waals surface area contributed by atoms with Crippen LogP contribution in [0.25, 0.3) is 0 Å². The summed E-state index contributed by atoms with van der Waals surface area (Å²) in [5.41, 5.74) is 2.80. The molecule has 0 saturated heterocycles. The van der Waals surface area contributed by atoms with Gasteiger partial charge in [0.25, 0.3) is 5.91 Å². The molecule has 7 rings (SSSR count). The van der Waals surface area contributed by atoms with Gasteiger partial charge in [0, 0.05) is 11.8 Å². The molecule has 6 heteroatoms. The van der Waals surface area contributed by atoms with Gasteiger partial charge in [0.2, 0.25) is 6.79 Å². The zero-order valence-electron chi connectivity index (χ0n) is 18.9. The molecule has 1 N–H and O–H groups in total. The largest absolute Gasteiger partial charge is 0.455 e. The number of hydrogen-bond acceptors (Lipinski definition) is 5. The van der Waals surface area contributed by atoms with Crippen molar-refractivity contribution in [2.45, 2.75) is 50.9 Å². The highest BCUT2D eigenvalue weighted by Gasteiger charge is 2.61. The van der Waals surface area contributed by atoms with E-state index in [9.17, 15) is 9.59 Å². The number of ether oxygens (including phenoxy) is 3. The number of nitrogens with one attached hydrogen (secondary N) is 1. The molecule has 33 heavy (non-hydrogen) atoms. The maximum atomic E-state index is 13.4. The van der Waals surface area contributed by atoms with Crippen LogP contribution in [0, 0.1) is 24.2 Å². The van der Waals surface area contributed by atoms with Crippen LogP contribution in [-0.4, -0.2) is 25.3 Å². The van der Waals surface area contributed by atoms with E-state index in [1.165, 1.54) is 17.5 Å². The molecule has 2 aromatic carbocycles. The molecule has 4 saturated carbocycles. The molecule has 4 aliphatic carbocycles. The number of benzene rings is 2. The Labute approximate surface area is 193 Å². The summed E-state index contributed by atoms with van der Waals surface area (Å²) in [7, 11) is 0. The summed E-state index contributed by atoms with van der Waals surface area (Å²) in [4.78, 5) is 25.9. The van der Waals surface area contributed by atoms with Crippen LogP contribution in [0.15, 0.2) is 42.5 Å². The molecule has 1 heterocycles. The molecule has 4 bridgehead atoms. The number of esters is 1. The quantitative estimate of drug-likeness (QED) is 0.670. The van der Waals surface area contributed by atoms with Crippen molar-refractivity contribution in [2.24, 2.45) is 17.3 Å². The molecule has 172 valence electrons. The average Bonchev–Trinajstić information content (AvgIpc) is 3.25. The normalized spacial score (nSPS) is 30.8. The van der Waals surface area contributed by atoms with Crippen LogP contribution >= 0.6 is 0 Å². The number of anilines is 1. The zero-order chi connectivity index (χ0) is 22.6. The molecular formula is C27H29NO5. The fourth-order valence-corrected chi connectivity index (χ4v) is 7.20. The first-order valence-electron chi connectivity index (χ1n) is 11.9. The summed E-state index contributed by atoms with van der Waals surface area (Å²) in [5.74, 6) is 1.82. The number of carbonyl (C=O) groups is 2. The van der Waals surface area contributed by atoms with E-state index in [2.05, 4.69) is 36.5 Å². The van der Waals surface area contributed by atoms with E-state index in [0.29, 0.717) is 29.0 Å². The maximum absolute atomic E-state index is 13.4. The van der Waals surface area contributed by atoms with E-state index >= 15 is 0 Å². The van der Waals surface area contributed by atoms with Crippen molar-refractivity contribution in [1.82, 2.24) is 0 Å². The van der Waals surface area contributed by atoms with Gasteiger partial charge in [-0.05, 0) is 80.4 Å². The molecule has 2 aromatic rings. The Morgan fingerprint density at radius 1 is 1.00 bits per heavy atom. The Hall–Kier alpha value is -3.02. The third-order valence-corrected chi connectivity index (χ3v) is 8.15. The molecule has 1 aliphatic heterocycles. The summed E-state index contributed by atoms with van der Waals surface area (Å²) in [6.45, 7) is 2.01. The Balaban J connectivity index is 1.14. The predicted octanol–water partition coefficient (Wildman–Crippen LogP) is 4.74. The standard InChI is InChI=1S/C27H29NO5/c1-17-2-4-20(5-3-17)26-10-18-8-19(11-26)13-27(12-18,15-26)25(30)31-14-24(29)28-21-6-7-22-23(9-21)33-16-32-22/h2-7,9,18-19H,8,10-16H2,1H3,(H,28,29). The topological polar surface area (TPSA) is 73.9 Å². The van der Waals surface area contributed by atoms with E-state index in [0.717, 1.165) is 32.1 Å². The van der Waals surface area contributed by atoms with E-state index in [-0.39, 0.29) is 30.7 Å². The van der Waals surface area contributed by atoms with Gasteiger partial charge in [0.05, 0.1) is 5.41 Å². The van der Waals surface area contributed by atoms with Gasteiger partial charge in [-0.1, -0.05) is 29.8 Å². The first-order chi connectivity index (χ1) is 15.9. The molecule has 5 aliphatic rings. The van der Waals surface area contributed by atoms with Crippen molar-refractivity contribution in [3.63, 3.8) is 0 Å². The molecule has 0 aromatic heterocycles. The Bertz CT molecular complexity index is 1090. The minimum Gasteiger partial charge on any atom is -0.455 e. The Morgan fingerprint density at radius 3 is 2.48 bits per heavy atom. The first-order valence-corrected chi connectivity index (χ1v) is 11.9. The second-order valence-electron chi connectivity index (χ2n) is 10.6. The number of rotatable bonds is 5. The van der Waals surface area contributed by atoms with Crippen molar-refractivity contribution in [3.8, 4) is 11.5 Å². The van der Waals surface area contributed by atoms with Crippen molar-refractivity contribution >= 4 is 17.6 Å². The van der Waals surface area contributed by atoms with Crippen LogP contribution in [0.2, 0.25) is 0 Å². The van der Waals surface area contributed by atoms with Gasteiger partial charge >= 0.3 is 5.97 Å². The molecule has 0 spiro atoms. The summed E-state index contributed by atoms with van der Waals surface area (Å²) in [6.07, 6.45) is 6.14. The predicted molar refractivity (Wildman–Crippen MR) is 122 cm³/mol. The summed E-state index contributed by atoms with van der Waals surface area (Å²) < 4.78 is 16.3. The molecule has 0 radical (unpaired) electrons. The minimum absolute atomic E-state index is 0.0611. The second-order valence-corrected chi connectivity index (χ2v) is 10.6. The Morgan fingerprint density at radius 2 is 1.73 bits per heavy atom. The van der Waals surface area contributed by atoms with Gasteiger partial charge in [-0.25, -0.2) is 0 Å². The van der Waals surface area contributed by atoms with E-state index < -0.39 is 5.41 Å². The maximum Gasteiger partial charge on any atom is 0.312 e. The zero-order valence-corrected chi connectivity index (χ0v) is 18.9. The van der Waals surface area contributed by atoms with Crippen molar-refractivity contribution < 1.29 is 23.8 Å². The SMILES string of the molecule is Cc1ccc(C23CC4CC(CC(C(=O)OCC(=O)Nc5ccc6c(c5)OCO6)(C4)C2)C3)cc1. The smallest absolute Gasteiger partial charge is 0.312 e. The molecule has 2 atom stereocenters. The van der Waals surface area contributed by atoms with Crippen LogP contribution in [0.1, 0.15) is 49.7 Å². The van der Waals surface area contributed by atoms with E-state index in [1.54, 1.807) is 18.2 Å². The minimum atomic E-state index is -0.464. The lowest BCUT2D eigenvalue weighted by Gasteiger charge is -2.61. The van der Waals surface area contributed by atoms with Gasteiger partial charge in [0.1, 0.15) is 0 Å². The second kappa shape index (κ2) is 7.51. The fourth-order valence-electron chi connectivity index (χ4n) is 7.20. The lowest BCUT2D eigenvalue weighted by molar-refractivity contribution is -0.175. The number of fused-ring (bicyclic) bond motifs is 1. The van der Waals surface area contributed by atoms with Gasteiger partial charge < -0.3 is 19.5 Å². The average molecular weight is 448 g/mol. The third kappa shape index (κ3) is 3.56. The van der Waals surface area contributed by atoms with E-state index in [4.69, 9.17) is 14.2 Å². The van der Waals surface area contributed by atoms with Gasteiger partial charge in [0.15, 0.2) is 18.1 Å². The number of aryl methyl sites for hydroxylation is 1. The van der Waals surface area contributed by atoms with Crippen LogP contribution < -0.4 is 14.8 Å². The van der Waals surface area contributed by atoms with Gasteiger partial charge in [-0.3, -0.25) is 9.59 Å². The summed E-state index contributed by atoms with van der Waals surface area (Å²) >= 11 is 0.